The number of thioether (sulfide) groups is 1. The second-order valence-electron chi connectivity index (χ2n) is 3.60. The van der Waals surface area contributed by atoms with E-state index in [0.717, 1.165) is 28.0 Å². The highest BCUT2D eigenvalue weighted by molar-refractivity contribution is 7.98. The van der Waals surface area contributed by atoms with Gasteiger partial charge in [0.25, 0.3) is 0 Å². The van der Waals surface area contributed by atoms with E-state index in [1.165, 1.54) is 0 Å². The van der Waals surface area contributed by atoms with Gasteiger partial charge in [-0.2, -0.15) is 0 Å². The van der Waals surface area contributed by atoms with Crippen LogP contribution in [-0.4, -0.2) is 22.0 Å². The third-order valence-electron chi connectivity index (χ3n) is 2.17. The standard InChI is InChI=1S/C12H14N4S/c1-9-6-14-12(15-7-9)17-8-10-4-3-5-11(13-2)16-10/h3-7H,8H2,1-2H3,(H,13,16). The fourth-order valence-corrected chi connectivity index (χ4v) is 1.99. The summed E-state index contributed by atoms with van der Waals surface area (Å²) < 4.78 is 0. The summed E-state index contributed by atoms with van der Waals surface area (Å²) in [6, 6.07) is 5.93. The van der Waals surface area contributed by atoms with E-state index in [9.17, 15) is 0 Å². The van der Waals surface area contributed by atoms with E-state index in [1.807, 2.05) is 44.6 Å². The van der Waals surface area contributed by atoms with Crippen molar-refractivity contribution in [2.75, 3.05) is 12.4 Å². The number of aryl methyl sites for hydroxylation is 1. The summed E-state index contributed by atoms with van der Waals surface area (Å²) in [5, 5.41) is 3.81. The van der Waals surface area contributed by atoms with Gasteiger partial charge in [0, 0.05) is 25.2 Å². The fourth-order valence-electron chi connectivity index (χ4n) is 1.29. The molecular weight excluding hydrogens is 232 g/mol. The smallest absolute Gasteiger partial charge is 0.187 e. The van der Waals surface area contributed by atoms with Gasteiger partial charge in [0.1, 0.15) is 5.82 Å². The van der Waals surface area contributed by atoms with Crippen molar-refractivity contribution in [3.05, 3.63) is 41.9 Å². The van der Waals surface area contributed by atoms with Crippen molar-refractivity contribution < 1.29 is 0 Å². The molecule has 0 saturated heterocycles. The van der Waals surface area contributed by atoms with Crippen LogP contribution < -0.4 is 5.32 Å². The minimum atomic E-state index is 0.776. The Bertz CT molecular complexity index is 484. The Morgan fingerprint density at radius 1 is 1.24 bits per heavy atom. The number of pyridine rings is 1. The van der Waals surface area contributed by atoms with E-state index in [-0.39, 0.29) is 0 Å². The highest BCUT2D eigenvalue weighted by atomic mass is 32.2. The summed E-state index contributed by atoms with van der Waals surface area (Å²) in [5.41, 5.74) is 2.09. The maximum atomic E-state index is 4.44. The van der Waals surface area contributed by atoms with Crippen LogP contribution in [0.4, 0.5) is 5.82 Å². The van der Waals surface area contributed by atoms with Crippen molar-refractivity contribution in [1.82, 2.24) is 15.0 Å². The van der Waals surface area contributed by atoms with Gasteiger partial charge in [-0.15, -0.1) is 0 Å². The Kier molecular flexibility index (Phi) is 3.93. The molecule has 0 aromatic carbocycles. The summed E-state index contributed by atoms with van der Waals surface area (Å²) in [7, 11) is 1.86. The maximum absolute atomic E-state index is 4.44. The summed E-state index contributed by atoms with van der Waals surface area (Å²) in [6.07, 6.45) is 3.65. The molecule has 0 radical (unpaired) electrons. The minimum absolute atomic E-state index is 0.776. The van der Waals surface area contributed by atoms with Crippen LogP contribution in [0.1, 0.15) is 11.3 Å². The second kappa shape index (κ2) is 5.63. The van der Waals surface area contributed by atoms with Crippen LogP contribution in [0.5, 0.6) is 0 Å². The van der Waals surface area contributed by atoms with Gasteiger partial charge in [0.15, 0.2) is 5.16 Å². The molecule has 2 aromatic heterocycles. The van der Waals surface area contributed by atoms with Crippen LogP contribution in [0, 0.1) is 6.92 Å². The molecule has 1 N–H and O–H groups in total. The first-order chi connectivity index (χ1) is 8.28. The molecule has 0 unspecified atom stereocenters. The van der Waals surface area contributed by atoms with Gasteiger partial charge in [-0.1, -0.05) is 17.8 Å². The van der Waals surface area contributed by atoms with Crippen molar-refractivity contribution >= 4 is 17.6 Å². The van der Waals surface area contributed by atoms with Crippen LogP contribution in [0.25, 0.3) is 0 Å². The molecule has 0 aliphatic heterocycles. The molecule has 2 aromatic rings. The lowest BCUT2D eigenvalue weighted by atomic mass is 10.4. The molecular formula is C12H14N4S. The van der Waals surface area contributed by atoms with Crippen molar-refractivity contribution in [2.45, 2.75) is 17.8 Å². The quantitative estimate of drug-likeness (QED) is 0.663. The minimum Gasteiger partial charge on any atom is -0.373 e. The zero-order chi connectivity index (χ0) is 12.1. The van der Waals surface area contributed by atoms with Gasteiger partial charge >= 0.3 is 0 Å². The molecule has 2 rings (SSSR count). The lowest BCUT2D eigenvalue weighted by Gasteiger charge is -2.03. The number of anilines is 1. The molecule has 0 atom stereocenters. The molecule has 0 bridgehead atoms. The predicted octanol–water partition coefficient (Wildman–Crippen LogP) is 2.51. The van der Waals surface area contributed by atoms with Crippen LogP contribution in [-0.2, 0) is 5.75 Å². The summed E-state index contributed by atoms with van der Waals surface area (Å²) in [4.78, 5) is 12.9. The number of hydrogen-bond acceptors (Lipinski definition) is 5. The van der Waals surface area contributed by atoms with Gasteiger partial charge in [-0.3, -0.25) is 0 Å². The molecule has 0 aliphatic rings. The van der Waals surface area contributed by atoms with Crippen molar-refractivity contribution in [2.24, 2.45) is 0 Å². The lowest BCUT2D eigenvalue weighted by molar-refractivity contribution is 0.948. The largest absolute Gasteiger partial charge is 0.373 e. The van der Waals surface area contributed by atoms with Crippen LogP contribution in [0.2, 0.25) is 0 Å². The summed E-state index contributed by atoms with van der Waals surface area (Å²) >= 11 is 1.59. The fraction of sp³-hybridized carbons (Fsp3) is 0.250. The molecule has 0 fully saturated rings. The molecule has 0 amide bonds. The second-order valence-corrected chi connectivity index (χ2v) is 4.54. The van der Waals surface area contributed by atoms with Gasteiger partial charge in [0.2, 0.25) is 0 Å². The number of nitrogens with zero attached hydrogens (tertiary/aromatic N) is 3. The normalized spacial score (nSPS) is 10.2. The van der Waals surface area contributed by atoms with E-state index in [0.29, 0.717) is 0 Å². The van der Waals surface area contributed by atoms with Crippen LogP contribution in [0.15, 0.2) is 35.7 Å². The first-order valence-corrected chi connectivity index (χ1v) is 6.31. The zero-order valence-corrected chi connectivity index (χ0v) is 10.7. The van der Waals surface area contributed by atoms with Crippen LogP contribution in [0.3, 0.4) is 0 Å². The predicted molar refractivity (Wildman–Crippen MR) is 70.1 cm³/mol. The molecule has 0 spiro atoms. The third kappa shape index (κ3) is 3.42. The average Bonchev–Trinajstić information content (AvgIpc) is 2.38. The highest BCUT2D eigenvalue weighted by Crippen LogP contribution is 2.18. The SMILES string of the molecule is CNc1cccc(CSc2ncc(C)cn2)n1. The van der Waals surface area contributed by atoms with E-state index in [4.69, 9.17) is 0 Å². The Balaban J connectivity index is 1.99. The first-order valence-electron chi connectivity index (χ1n) is 5.33. The van der Waals surface area contributed by atoms with Crippen molar-refractivity contribution in [1.29, 1.82) is 0 Å². The number of aromatic nitrogens is 3. The third-order valence-corrected chi connectivity index (χ3v) is 3.08. The molecule has 17 heavy (non-hydrogen) atoms. The Morgan fingerprint density at radius 3 is 2.71 bits per heavy atom. The summed E-state index contributed by atoms with van der Waals surface area (Å²) in [5.74, 6) is 1.66. The highest BCUT2D eigenvalue weighted by Gasteiger charge is 2.00. The van der Waals surface area contributed by atoms with Crippen molar-refractivity contribution in [3.8, 4) is 0 Å². The average molecular weight is 246 g/mol. The number of hydrogen-bond donors (Lipinski definition) is 1. The zero-order valence-electron chi connectivity index (χ0n) is 9.84. The molecule has 2 heterocycles. The Hall–Kier alpha value is -1.62. The topological polar surface area (TPSA) is 50.7 Å². The molecule has 5 heteroatoms. The molecule has 0 aliphatic carbocycles. The van der Waals surface area contributed by atoms with E-state index >= 15 is 0 Å². The molecule has 4 nitrogen and oxygen atoms in total. The van der Waals surface area contributed by atoms with E-state index in [2.05, 4.69) is 20.3 Å². The van der Waals surface area contributed by atoms with Gasteiger partial charge in [-0.25, -0.2) is 15.0 Å². The molecule has 88 valence electrons. The van der Waals surface area contributed by atoms with Gasteiger partial charge < -0.3 is 5.32 Å². The van der Waals surface area contributed by atoms with Crippen molar-refractivity contribution in [3.63, 3.8) is 0 Å². The number of nitrogens with one attached hydrogen (secondary N) is 1. The first kappa shape index (κ1) is 11.9. The number of rotatable bonds is 4. The Labute approximate surface area is 105 Å². The van der Waals surface area contributed by atoms with Crippen LogP contribution >= 0.6 is 11.8 Å². The monoisotopic (exact) mass is 246 g/mol. The Morgan fingerprint density at radius 2 is 2.00 bits per heavy atom. The molecule has 0 saturated carbocycles. The maximum Gasteiger partial charge on any atom is 0.187 e. The van der Waals surface area contributed by atoms with E-state index in [1.54, 1.807) is 11.8 Å². The van der Waals surface area contributed by atoms with E-state index < -0.39 is 0 Å². The summed E-state index contributed by atoms with van der Waals surface area (Å²) in [6.45, 7) is 1.98. The lowest BCUT2D eigenvalue weighted by Crippen LogP contribution is -1.95. The van der Waals surface area contributed by atoms with Gasteiger partial charge in [0.05, 0.1) is 5.69 Å². The van der Waals surface area contributed by atoms with Gasteiger partial charge in [-0.05, 0) is 24.6 Å².